The molecule has 11 heteroatoms. The van der Waals surface area contributed by atoms with E-state index >= 15 is 0 Å². The van der Waals surface area contributed by atoms with Crippen LogP contribution in [-0.2, 0) is 12.6 Å². The summed E-state index contributed by atoms with van der Waals surface area (Å²) >= 11 is 0. The number of halogens is 3. The van der Waals surface area contributed by atoms with Gasteiger partial charge in [-0.15, -0.1) is 0 Å². The molecule has 0 bridgehead atoms. The Hall–Kier alpha value is -3.11. The van der Waals surface area contributed by atoms with Gasteiger partial charge in [0.25, 0.3) is 0 Å². The summed E-state index contributed by atoms with van der Waals surface area (Å²) in [5, 5.41) is 9.86. The number of hydrogen-bond acceptors (Lipinski definition) is 7. The number of nitrogens with one attached hydrogen (secondary N) is 2. The molecule has 0 fully saturated rings. The van der Waals surface area contributed by atoms with Crippen molar-refractivity contribution in [2.75, 3.05) is 17.7 Å². The average Bonchev–Trinajstić information content (AvgIpc) is 3.30. The first-order valence-corrected chi connectivity index (χ1v) is 8.24. The highest BCUT2D eigenvalue weighted by Crippen LogP contribution is 2.35. The predicted molar refractivity (Wildman–Crippen MR) is 89.8 cm³/mol. The minimum Gasteiger partial charge on any atom is -0.446 e. The lowest BCUT2D eigenvalue weighted by atomic mass is 10.2. The molecule has 3 aromatic heterocycles. The Bertz CT molecular complexity index is 979. The van der Waals surface area contributed by atoms with Gasteiger partial charge in [-0.1, -0.05) is 0 Å². The lowest BCUT2D eigenvalue weighted by molar-refractivity contribution is -0.137. The molecule has 1 aliphatic rings. The Kier molecular flexibility index (Phi) is 4.01. The van der Waals surface area contributed by atoms with Crippen molar-refractivity contribution in [2.24, 2.45) is 0 Å². The Balaban J connectivity index is 1.60. The van der Waals surface area contributed by atoms with Gasteiger partial charge in [0.2, 0.25) is 5.95 Å². The fraction of sp³-hybridized carbons (Fsp3) is 0.375. The molecule has 3 aromatic rings. The Morgan fingerprint density at radius 1 is 1.30 bits per heavy atom. The van der Waals surface area contributed by atoms with Crippen molar-refractivity contribution < 1.29 is 17.6 Å². The van der Waals surface area contributed by atoms with Crippen LogP contribution in [-0.4, -0.2) is 31.8 Å². The molecule has 8 nitrogen and oxygen atoms in total. The van der Waals surface area contributed by atoms with Gasteiger partial charge < -0.3 is 15.1 Å². The van der Waals surface area contributed by atoms with Crippen molar-refractivity contribution in [3.8, 4) is 0 Å². The number of aryl methyl sites for hydroxylation is 2. The third-order valence-electron chi connectivity index (χ3n) is 4.44. The van der Waals surface area contributed by atoms with Gasteiger partial charge in [-0.2, -0.15) is 23.3 Å². The fourth-order valence-corrected chi connectivity index (χ4v) is 3.12. The van der Waals surface area contributed by atoms with Crippen LogP contribution in [0.15, 0.2) is 23.2 Å². The maximum absolute atomic E-state index is 13.0. The van der Waals surface area contributed by atoms with Crippen LogP contribution in [0.5, 0.6) is 0 Å². The summed E-state index contributed by atoms with van der Waals surface area (Å²) in [5.41, 5.74) is 1.27. The third-order valence-corrected chi connectivity index (χ3v) is 4.44. The third kappa shape index (κ3) is 3.09. The van der Waals surface area contributed by atoms with Gasteiger partial charge in [-0.05, 0) is 19.8 Å². The minimum atomic E-state index is -4.53. The van der Waals surface area contributed by atoms with E-state index < -0.39 is 11.7 Å². The number of hydrogen-bond donors (Lipinski definition) is 2. The second-order valence-electron chi connectivity index (χ2n) is 6.15. The molecule has 1 unspecified atom stereocenters. The molecule has 142 valence electrons. The van der Waals surface area contributed by atoms with E-state index in [1.165, 1.54) is 13.4 Å². The van der Waals surface area contributed by atoms with Crippen LogP contribution in [0.25, 0.3) is 0 Å². The summed E-state index contributed by atoms with van der Waals surface area (Å²) in [4.78, 5) is 11.9. The SMILES string of the molecule is CNc1nc(Nc2cn(C3CCc4ncoc43)nc2C)ncc1C(F)(F)F. The summed E-state index contributed by atoms with van der Waals surface area (Å²) < 4.78 is 46.1. The monoisotopic (exact) mass is 379 g/mol. The molecule has 0 saturated carbocycles. The number of alkyl halides is 3. The summed E-state index contributed by atoms with van der Waals surface area (Å²) in [6.45, 7) is 1.79. The smallest absolute Gasteiger partial charge is 0.421 e. The minimum absolute atomic E-state index is 0.0433. The second-order valence-corrected chi connectivity index (χ2v) is 6.15. The van der Waals surface area contributed by atoms with Gasteiger partial charge in [0, 0.05) is 19.4 Å². The zero-order chi connectivity index (χ0) is 19.2. The van der Waals surface area contributed by atoms with E-state index in [4.69, 9.17) is 4.42 Å². The van der Waals surface area contributed by atoms with Crippen molar-refractivity contribution in [3.63, 3.8) is 0 Å². The van der Waals surface area contributed by atoms with Gasteiger partial charge >= 0.3 is 6.18 Å². The van der Waals surface area contributed by atoms with Crippen LogP contribution >= 0.6 is 0 Å². The highest BCUT2D eigenvalue weighted by Gasteiger charge is 2.35. The van der Waals surface area contributed by atoms with Crippen molar-refractivity contribution in [1.82, 2.24) is 24.7 Å². The summed E-state index contributed by atoms with van der Waals surface area (Å²) in [7, 11) is 1.37. The summed E-state index contributed by atoms with van der Waals surface area (Å²) in [6, 6.07) is -0.0573. The molecule has 0 aliphatic heterocycles. The molecule has 2 N–H and O–H groups in total. The van der Waals surface area contributed by atoms with E-state index in [0.717, 1.165) is 30.5 Å². The quantitative estimate of drug-likeness (QED) is 0.718. The Labute approximate surface area is 151 Å². The van der Waals surface area contributed by atoms with Gasteiger partial charge in [-0.3, -0.25) is 4.68 Å². The van der Waals surface area contributed by atoms with Crippen molar-refractivity contribution in [2.45, 2.75) is 32.0 Å². The Morgan fingerprint density at radius 3 is 2.85 bits per heavy atom. The normalized spacial score (nSPS) is 16.4. The molecular weight excluding hydrogens is 363 g/mol. The van der Waals surface area contributed by atoms with E-state index in [9.17, 15) is 13.2 Å². The van der Waals surface area contributed by atoms with Crippen LogP contribution < -0.4 is 10.6 Å². The topological polar surface area (TPSA) is 93.7 Å². The summed E-state index contributed by atoms with van der Waals surface area (Å²) in [5.74, 6) is 0.529. The van der Waals surface area contributed by atoms with Crippen LogP contribution in [0.3, 0.4) is 0 Å². The van der Waals surface area contributed by atoms with E-state index in [-0.39, 0.29) is 17.8 Å². The van der Waals surface area contributed by atoms with Crippen LogP contribution in [0, 0.1) is 6.92 Å². The largest absolute Gasteiger partial charge is 0.446 e. The number of fused-ring (bicyclic) bond motifs is 1. The predicted octanol–water partition coefficient (Wildman–Crippen LogP) is 3.31. The van der Waals surface area contributed by atoms with E-state index in [0.29, 0.717) is 11.4 Å². The maximum atomic E-state index is 13.0. The number of nitrogens with zero attached hydrogens (tertiary/aromatic N) is 5. The Morgan fingerprint density at radius 2 is 2.11 bits per heavy atom. The zero-order valence-electron chi connectivity index (χ0n) is 14.5. The lowest BCUT2D eigenvalue weighted by Gasteiger charge is -2.12. The van der Waals surface area contributed by atoms with Gasteiger partial charge in [0.05, 0.1) is 17.1 Å². The molecule has 0 amide bonds. The first-order chi connectivity index (χ1) is 12.9. The lowest BCUT2D eigenvalue weighted by Crippen LogP contribution is -2.12. The highest BCUT2D eigenvalue weighted by atomic mass is 19.4. The first kappa shape index (κ1) is 17.3. The molecule has 1 aliphatic carbocycles. The van der Waals surface area contributed by atoms with Crippen LogP contribution in [0.2, 0.25) is 0 Å². The number of anilines is 3. The van der Waals surface area contributed by atoms with Crippen LogP contribution in [0.4, 0.5) is 30.6 Å². The van der Waals surface area contributed by atoms with E-state index in [1.807, 2.05) is 0 Å². The molecule has 0 saturated heterocycles. The van der Waals surface area contributed by atoms with E-state index in [1.54, 1.807) is 17.8 Å². The number of rotatable bonds is 4. The molecule has 0 radical (unpaired) electrons. The maximum Gasteiger partial charge on any atom is 0.421 e. The number of aromatic nitrogens is 5. The van der Waals surface area contributed by atoms with Crippen molar-refractivity contribution >= 4 is 17.5 Å². The number of oxazole rings is 1. The molecular formula is C16H16F3N7O. The summed E-state index contributed by atoms with van der Waals surface area (Å²) in [6.07, 6.45) is 1.03. The first-order valence-electron chi connectivity index (χ1n) is 8.24. The van der Waals surface area contributed by atoms with Gasteiger partial charge in [0.15, 0.2) is 12.2 Å². The fourth-order valence-electron chi connectivity index (χ4n) is 3.12. The molecule has 27 heavy (non-hydrogen) atoms. The zero-order valence-corrected chi connectivity index (χ0v) is 14.5. The molecule has 3 heterocycles. The second kappa shape index (κ2) is 6.25. The molecule has 0 aromatic carbocycles. The highest BCUT2D eigenvalue weighted by molar-refractivity contribution is 5.58. The van der Waals surface area contributed by atoms with Crippen molar-refractivity contribution in [3.05, 3.63) is 41.5 Å². The van der Waals surface area contributed by atoms with E-state index in [2.05, 4.69) is 30.7 Å². The molecule has 0 spiro atoms. The van der Waals surface area contributed by atoms with Crippen molar-refractivity contribution in [1.29, 1.82) is 0 Å². The van der Waals surface area contributed by atoms with Crippen LogP contribution in [0.1, 0.15) is 35.2 Å². The molecule has 1 atom stereocenters. The molecule has 4 rings (SSSR count). The average molecular weight is 379 g/mol. The van der Waals surface area contributed by atoms with Gasteiger partial charge in [0.1, 0.15) is 17.4 Å². The standard InChI is InChI=1S/C16H16F3N7O/c1-8-11(6-26(25-8)12-4-3-10-13(12)27-7-22-10)23-15-21-5-9(16(17,18)19)14(20-2)24-15/h5-7,12H,3-4H2,1-2H3,(H2,20,21,23,24). The van der Waals surface area contributed by atoms with Gasteiger partial charge in [-0.25, -0.2) is 9.97 Å².